The predicted molar refractivity (Wildman–Crippen MR) is 105 cm³/mol. The fourth-order valence-corrected chi connectivity index (χ4v) is 2.62. The summed E-state index contributed by atoms with van der Waals surface area (Å²) >= 11 is 0. The molecule has 0 aliphatic heterocycles. The number of hydrogen-bond acceptors (Lipinski definition) is 4. The van der Waals surface area contributed by atoms with E-state index in [-0.39, 0.29) is 18.4 Å². The van der Waals surface area contributed by atoms with Gasteiger partial charge in [0.05, 0.1) is 17.9 Å². The number of amides is 2. The van der Waals surface area contributed by atoms with Crippen LogP contribution in [0, 0.1) is 0 Å². The van der Waals surface area contributed by atoms with Gasteiger partial charge in [-0.05, 0) is 43.3 Å². The quantitative estimate of drug-likeness (QED) is 0.602. The van der Waals surface area contributed by atoms with Gasteiger partial charge in [-0.25, -0.2) is 4.68 Å². The lowest BCUT2D eigenvalue weighted by Gasteiger charge is -2.12. The normalized spacial score (nSPS) is 10.3. The van der Waals surface area contributed by atoms with Crippen molar-refractivity contribution in [2.75, 3.05) is 23.7 Å². The monoisotopic (exact) mass is 363 g/mol. The highest BCUT2D eigenvalue weighted by Crippen LogP contribution is 2.18. The van der Waals surface area contributed by atoms with Gasteiger partial charge in [-0.15, -0.1) is 0 Å². The fraction of sp³-hybridized carbons (Fsp3) is 0.150. The number of carbonyl (C=O) groups is 2. The molecule has 1 aromatic heterocycles. The molecule has 2 aromatic carbocycles. The van der Waals surface area contributed by atoms with Crippen LogP contribution in [-0.2, 0) is 4.79 Å². The average Bonchev–Trinajstić information content (AvgIpc) is 3.22. The van der Waals surface area contributed by atoms with Crippen molar-refractivity contribution in [3.8, 4) is 5.69 Å². The Morgan fingerprint density at radius 2 is 1.93 bits per heavy atom. The number of aromatic nitrogens is 2. The van der Waals surface area contributed by atoms with E-state index in [2.05, 4.69) is 21.0 Å². The van der Waals surface area contributed by atoms with Crippen molar-refractivity contribution in [3.05, 3.63) is 72.6 Å². The van der Waals surface area contributed by atoms with E-state index in [1.807, 2.05) is 43.5 Å². The van der Waals surface area contributed by atoms with Crippen molar-refractivity contribution in [3.63, 3.8) is 0 Å². The second kappa shape index (κ2) is 8.66. The summed E-state index contributed by atoms with van der Waals surface area (Å²) in [7, 11) is 0. The van der Waals surface area contributed by atoms with Crippen LogP contribution in [0.1, 0.15) is 17.3 Å². The molecule has 3 aromatic rings. The minimum atomic E-state index is -0.210. The number of carbonyl (C=O) groups excluding carboxylic acids is 2. The van der Waals surface area contributed by atoms with Crippen LogP contribution in [0.25, 0.3) is 5.69 Å². The Labute approximate surface area is 157 Å². The molecule has 0 saturated heterocycles. The number of para-hydroxylation sites is 2. The Balaban J connectivity index is 1.63. The zero-order valence-corrected chi connectivity index (χ0v) is 15.0. The maximum atomic E-state index is 12.3. The highest BCUT2D eigenvalue weighted by atomic mass is 16.2. The minimum Gasteiger partial charge on any atom is -0.374 e. The van der Waals surface area contributed by atoms with Crippen LogP contribution in [0.2, 0.25) is 0 Å². The van der Waals surface area contributed by atoms with Crippen LogP contribution in [-0.4, -0.2) is 34.7 Å². The van der Waals surface area contributed by atoms with Crippen molar-refractivity contribution in [1.82, 2.24) is 15.1 Å². The molecule has 0 unspecified atom stereocenters. The smallest absolute Gasteiger partial charge is 0.251 e. The zero-order valence-electron chi connectivity index (χ0n) is 15.0. The summed E-state index contributed by atoms with van der Waals surface area (Å²) < 4.78 is 1.73. The summed E-state index contributed by atoms with van der Waals surface area (Å²) in [5, 5.41) is 12.9. The van der Waals surface area contributed by atoms with Gasteiger partial charge in [-0.3, -0.25) is 9.59 Å². The van der Waals surface area contributed by atoms with E-state index in [1.165, 1.54) is 0 Å². The summed E-state index contributed by atoms with van der Waals surface area (Å²) in [5.41, 5.74) is 2.73. The Morgan fingerprint density at radius 1 is 1.07 bits per heavy atom. The third kappa shape index (κ3) is 4.72. The molecule has 0 saturated carbocycles. The van der Waals surface area contributed by atoms with Crippen LogP contribution in [0.4, 0.5) is 11.4 Å². The topological polar surface area (TPSA) is 88.0 Å². The van der Waals surface area contributed by atoms with Crippen LogP contribution in [0.5, 0.6) is 0 Å². The molecule has 0 aliphatic rings. The molecule has 0 spiro atoms. The molecule has 0 bridgehead atoms. The van der Waals surface area contributed by atoms with Gasteiger partial charge >= 0.3 is 0 Å². The number of rotatable bonds is 7. The van der Waals surface area contributed by atoms with Gasteiger partial charge in [0.15, 0.2) is 0 Å². The van der Waals surface area contributed by atoms with E-state index in [9.17, 15) is 9.59 Å². The Kier molecular flexibility index (Phi) is 5.84. The average molecular weight is 363 g/mol. The van der Waals surface area contributed by atoms with Gasteiger partial charge in [-0.2, -0.15) is 5.10 Å². The van der Waals surface area contributed by atoms with Crippen molar-refractivity contribution in [2.24, 2.45) is 0 Å². The number of nitrogens with zero attached hydrogens (tertiary/aromatic N) is 2. The van der Waals surface area contributed by atoms with E-state index in [4.69, 9.17) is 0 Å². The minimum absolute atomic E-state index is 0.0870. The number of hydrogen-bond donors (Lipinski definition) is 3. The molecule has 27 heavy (non-hydrogen) atoms. The molecule has 3 N–H and O–H groups in total. The molecule has 0 aliphatic carbocycles. The first-order valence-corrected chi connectivity index (χ1v) is 8.68. The molecular weight excluding hydrogens is 342 g/mol. The predicted octanol–water partition coefficient (Wildman–Crippen LogP) is 2.67. The lowest BCUT2D eigenvalue weighted by atomic mass is 10.2. The van der Waals surface area contributed by atoms with Crippen molar-refractivity contribution in [2.45, 2.75) is 6.92 Å². The summed E-state index contributed by atoms with van der Waals surface area (Å²) in [5.74, 6) is -0.377. The maximum absolute atomic E-state index is 12.3. The molecule has 2 amide bonds. The lowest BCUT2D eigenvalue weighted by molar-refractivity contribution is -0.114. The van der Waals surface area contributed by atoms with E-state index in [1.54, 1.807) is 35.1 Å². The molecule has 1 heterocycles. The first-order valence-electron chi connectivity index (χ1n) is 8.68. The molecule has 0 radical (unpaired) electrons. The Morgan fingerprint density at radius 3 is 2.70 bits per heavy atom. The third-order valence-corrected chi connectivity index (χ3v) is 3.84. The molecule has 0 atom stereocenters. The summed E-state index contributed by atoms with van der Waals surface area (Å²) in [6, 6.07) is 16.3. The highest BCUT2D eigenvalue weighted by Gasteiger charge is 2.09. The van der Waals surface area contributed by atoms with Crippen molar-refractivity contribution in [1.29, 1.82) is 0 Å². The Bertz CT molecular complexity index is 922. The number of nitrogens with one attached hydrogen (secondary N) is 3. The zero-order chi connectivity index (χ0) is 19.1. The third-order valence-electron chi connectivity index (χ3n) is 3.84. The SMILES string of the molecule is CCNC(=O)c1cccc(NC(=O)CNc2ccccc2-n2cccn2)c1. The summed E-state index contributed by atoms with van der Waals surface area (Å²) in [6.45, 7) is 2.49. The Hall–Kier alpha value is -3.61. The number of anilines is 2. The van der Waals surface area contributed by atoms with Gasteiger partial charge in [0.2, 0.25) is 5.91 Å². The maximum Gasteiger partial charge on any atom is 0.251 e. The standard InChI is InChI=1S/C20H21N5O2/c1-2-21-20(27)15-7-5-8-16(13-15)24-19(26)14-22-17-9-3-4-10-18(17)25-12-6-11-23-25/h3-13,22H,2,14H2,1H3,(H,21,27)(H,24,26). The second-order valence-corrected chi connectivity index (χ2v) is 5.81. The first kappa shape index (κ1) is 18.2. The van der Waals surface area contributed by atoms with Crippen LogP contribution in [0.3, 0.4) is 0 Å². The van der Waals surface area contributed by atoms with Crippen LogP contribution in [0.15, 0.2) is 67.0 Å². The summed E-state index contributed by atoms with van der Waals surface area (Å²) in [6.07, 6.45) is 3.54. The van der Waals surface area contributed by atoms with Gasteiger partial charge in [0, 0.05) is 30.2 Å². The number of benzene rings is 2. The molecule has 7 heteroatoms. The fourth-order valence-electron chi connectivity index (χ4n) is 2.62. The first-order chi connectivity index (χ1) is 13.2. The highest BCUT2D eigenvalue weighted by molar-refractivity contribution is 5.98. The molecule has 0 fully saturated rings. The van der Waals surface area contributed by atoms with E-state index in [0.717, 1.165) is 11.4 Å². The molecule has 7 nitrogen and oxygen atoms in total. The van der Waals surface area contributed by atoms with Gasteiger partial charge in [-0.1, -0.05) is 18.2 Å². The van der Waals surface area contributed by atoms with Gasteiger partial charge in [0.25, 0.3) is 5.91 Å². The second-order valence-electron chi connectivity index (χ2n) is 5.81. The van der Waals surface area contributed by atoms with E-state index < -0.39 is 0 Å². The summed E-state index contributed by atoms with van der Waals surface area (Å²) in [4.78, 5) is 24.2. The lowest BCUT2D eigenvalue weighted by Crippen LogP contribution is -2.24. The van der Waals surface area contributed by atoms with E-state index in [0.29, 0.717) is 17.8 Å². The molecular formula is C20H21N5O2. The molecule has 138 valence electrons. The molecule has 3 rings (SSSR count). The van der Waals surface area contributed by atoms with Crippen LogP contribution >= 0.6 is 0 Å². The van der Waals surface area contributed by atoms with E-state index >= 15 is 0 Å². The van der Waals surface area contributed by atoms with Crippen LogP contribution < -0.4 is 16.0 Å². The van der Waals surface area contributed by atoms with Crippen molar-refractivity contribution >= 4 is 23.2 Å². The van der Waals surface area contributed by atoms with Gasteiger partial charge < -0.3 is 16.0 Å². The van der Waals surface area contributed by atoms with Crippen molar-refractivity contribution < 1.29 is 9.59 Å². The van der Waals surface area contributed by atoms with Gasteiger partial charge in [0.1, 0.15) is 0 Å². The largest absolute Gasteiger partial charge is 0.374 e.